The van der Waals surface area contributed by atoms with E-state index >= 15 is 0 Å². The Kier molecular flexibility index (Phi) is 7.94. The first-order valence-electron chi connectivity index (χ1n) is 8.81. The van der Waals surface area contributed by atoms with Crippen molar-refractivity contribution in [2.75, 3.05) is 23.0 Å². The van der Waals surface area contributed by atoms with Crippen LogP contribution in [0, 0.1) is 0 Å². The molecule has 13 heteroatoms. The fourth-order valence-electron chi connectivity index (χ4n) is 2.25. The minimum Gasteiger partial charge on any atom is -0.484 e. The zero-order valence-electron chi connectivity index (χ0n) is 16.0. The quantitative estimate of drug-likeness (QED) is 0.334. The van der Waals surface area contributed by atoms with Gasteiger partial charge in [-0.3, -0.25) is 14.9 Å². The molecule has 1 heterocycles. The van der Waals surface area contributed by atoms with Crippen molar-refractivity contribution in [3.63, 3.8) is 0 Å². The maximum Gasteiger partial charge on any atom is 0.416 e. The number of carbonyl (C=O) groups excluding carboxylic acids is 2. The normalized spacial score (nSPS) is 11.1. The Hall–Kier alpha value is -2.83. The molecule has 3 aromatic rings. The SMILES string of the molecule is O=C(CSc1nnc(NC(=O)COc2ccc(Cl)cc2)s1)Nc1cccc(C(F)(F)F)c1. The standard InChI is InChI=1S/C19H14ClF3N4O3S2/c20-12-4-6-14(7-5-12)30-9-15(28)25-17-26-27-18(32-17)31-10-16(29)24-13-3-1-2-11(8-13)19(21,22)23/h1-8H,9-10H2,(H,24,29)(H,25,26,28). The molecule has 2 amide bonds. The molecular weight excluding hydrogens is 489 g/mol. The van der Waals surface area contributed by atoms with Crippen LogP contribution in [-0.4, -0.2) is 34.4 Å². The van der Waals surface area contributed by atoms with E-state index in [2.05, 4.69) is 20.8 Å². The van der Waals surface area contributed by atoms with Gasteiger partial charge in [0.1, 0.15) is 5.75 Å². The van der Waals surface area contributed by atoms with Gasteiger partial charge in [-0.25, -0.2) is 0 Å². The number of hydrogen-bond acceptors (Lipinski definition) is 7. The number of hydrogen-bond donors (Lipinski definition) is 2. The van der Waals surface area contributed by atoms with E-state index in [1.165, 1.54) is 12.1 Å². The van der Waals surface area contributed by atoms with Gasteiger partial charge in [0.15, 0.2) is 10.9 Å². The lowest BCUT2D eigenvalue weighted by atomic mass is 10.2. The van der Waals surface area contributed by atoms with Gasteiger partial charge in [0.05, 0.1) is 11.3 Å². The number of aromatic nitrogens is 2. The number of alkyl halides is 3. The van der Waals surface area contributed by atoms with Crippen molar-refractivity contribution < 1.29 is 27.5 Å². The van der Waals surface area contributed by atoms with Crippen molar-refractivity contribution in [2.24, 2.45) is 0 Å². The van der Waals surface area contributed by atoms with Gasteiger partial charge >= 0.3 is 6.18 Å². The van der Waals surface area contributed by atoms with Gasteiger partial charge in [-0.1, -0.05) is 40.8 Å². The summed E-state index contributed by atoms with van der Waals surface area (Å²) in [6.45, 7) is -0.247. The summed E-state index contributed by atoms with van der Waals surface area (Å²) in [4.78, 5) is 24.0. The third-order valence-corrected chi connectivity index (χ3v) is 5.86. The first kappa shape index (κ1) is 23.8. The fraction of sp³-hybridized carbons (Fsp3) is 0.158. The van der Waals surface area contributed by atoms with Gasteiger partial charge in [-0.2, -0.15) is 13.2 Å². The molecule has 0 unspecified atom stereocenters. The van der Waals surface area contributed by atoms with Crippen molar-refractivity contribution in [2.45, 2.75) is 10.5 Å². The molecule has 168 valence electrons. The summed E-state index contributed by atoms with van der Waals surface area (Å²) in [5, 5.41) is 13.4. The summed E-state index contributed by atoms with van der Waals surface area (Å²) >= 11 is 7.85. The van der Waals surface area contributed by atoms with Gasteiger partial charge in [0.2, 0.25) is 11.0 Å². The fourth-order valence-corrected chi connectivity index (χ4v) is 3.95. The van der Waals surface area contributed by atoms with Crippen molar-refractivity contribution in [1.29, 1.82) is 0 Å². The molecule has 0 aliphatic heterocycles. The van der Waals surface area contributed by atoms with Crippen LogP contribution in [0.3, 0.4) is 0 Å². The highest BCUT2D eigenvalue weighted by atomic mass is 35.5. The van der Waals surface area contributed by atoms with Gasteiger partial charge in [0.25, 0.3) is 5.91 Å². The van der Waals surface area contributed by atoms with E-state index in [1.54, 1.807) is 24.3 Å². The third kappa shape index (κ3) is 7.39. The predicted octanol–water partition coefficient (Wildman–Crippen LogP) is 4.96. The van der Waals surface area contributed by atoms with E-state index in [4.69, 9.17) is 16.3 Å². The molecule has 0 atom stereocenters. The number of anilines is 2. The minimum atomic E-state index is -4.50. The number of nitrogens with one attached hydrogen (secondary N) is 2. The molecule has 0 aliphatic rings. The summed E-state index contributed by atoms with van der Waals surface area (Å²) in [5.74, 6) is -0.579. The minimum absolute atomic E-state index is 0.0383. The van der Waals surface area contributed by atoms with Gasteiger partial charge in [-0.05, 0) is 42.5 Å². The molecule has 0 fully saturated rings. The summed E-state index contributed by atoms with van der Waals surface area (Å²) in [7, 11) is 0. The molecule has 3 rings (SSSR count). The van der Waals surface area contributed by atoms with Crippen LogP contribution in [-0.2, 0) is 15.8 Å². The smallest absolute Gasteiger partial charge is 0.416 e. The van der Waals surface area contributed by atoms with Crippen LogP contribution in [0.5, 0.6) is 5.75 Å². The highest BCUT2D eigenvalue weighted by molar-refractivity contribution is 8.01. The summed E-state index contributed by atoms with van der Waals surface area (Å²) in [6.07, 6.45) is -4.50. The Bertz CT molecular complexity index is 1090. The number of nitrogens with zero attached hydrogens (tertiary/aromatic N) is 2. The second-order valence-corrected chi connectivity index (χ2v) is 8.72. The Morgan fingerprint density at radius 1 is 1.06 bits per heavy atom. The van der Waals surface area contributed by atoms with Crippen LogP contribution < -0.4 is 15.4 Å². The second kappa shape index (κ2) is 10.7. The van der Waals surface area contributed by atoms with Crippen LogP contribution in [0.15, 0.2) is 52.9 Å². The first-order valence-corrected chi connectivity index (χ1v) is 11.0. The molecule has 0 radical (unpaired) electrons. The molecule has 32 heavy (non-hydrogen) atoms. The van der Waals surface area contributed by atoms with Crippen LogP contribution in [0.2, 0.25) is 5.02 Å². The third-order valence-electron chi connectivity index (χ3n) is 3.64. The largest absolute Gasteiger partial charge is 0.484 e. The molecule has 0 aliphatic carbocycles. The number of halogens is 4. The molecule has 0 saturated heterocycles. The summed E-state index contributed by atoms with van der Waals surface area (Å²) in [5.41, 5.74) is -0.816. The van der Waals surface area contributed by atoms with Gasteiger partial charge in [-0.15, -0.1) is 10.2 Å². The monoisotopic (exact) mass is 502 g/mol. The highest BCUT2D eigenvalue weighted by Crippen LogP contribution is 2.31. The Labute approximate surface area is 193 Å². The lowest BCUT2D eigenvalue weighted by molar-refractivity contribution is -0.137. The van der Waals surface area contributed by atoms with Crippen molar-refractivity contribution >= 4 is 57.3 Å². The lowest BCUT2D eigenvalue weighted by Crippen LogP contribution is -2.20. The predicted molar refractivity (Wildman–Crippen MR) is 116 cm³/mol. The molecule has 2 aromatic carbocycles. The van der Waals surface area contributed by atoms with Crippen molar-refractivity contribution in [3.05, 3.63) is 59.1 Å². The van der Waals surface area contributed by atoms with Crippen LogP contribution in [0.25, 0.3) is 0 Å². The van der Waals surface area contributed by atoms with Crippen molar-refractivity contribution in [1.82, 2.24) is 10.2 Å². The highest BCUT2D eigenvalue weighted by Gasteiger charge is 2.30. The van der Waals surface area contributed by atoms with Crippen molar-refractivity contribution in [3.8, 4) is 5.75 Å². The van der Waals surface area contributed by atoms with E-state index in [0.717, 1.165) is 35.2 Å². The summed E-state index contributed by atoms with van der Waals surface area (Å²) in [6, 6.07) is 10.9. The maximum absolute atomic E-state index is 12.7. The van der Waals surface area contributed by atoms with Crippen LogP contribution in [0.1, 0.15) is 5.56 Å². The molecule has 0 saturated carbocycles. The topological polar surface area (TPSA) is 93.2 Å². The van der Waals surface area contributed by atoms with E-state index in [9.17, 15) is 22.8 Å². The van der Waals surface area contributed by atoms with Gasteiger partial charge < -0.3 is 10.1 Å². The molecule has 0 bridgehead atoms. The second-order valence-electron chi connectivity index (χ2n) is 6.08. The Morgan fingerprint density at radius 2 is 1.81 bits per heavy atom. The van der Waals surface area contributed by atoms with Crippen LogP contribution >= 0.6 is 34.7 Å². The number of carbonyl (C=O) groups is 2. The molecule has 1 aromatic heterocycles. The number of ether oxygens (including phenoxy) is 1. The number of thioether (sulfide) groups is 1. The Balaban J connectivity index is 1.44. The zero-order valence-corrected chi connectivity index (χ0v) is 18.4. The number of amides is 2. The molecular formula is C19H14ClF3N4O3S2. The van der Waals surface area contributed by atoms with E-state index in [0.29, 0.717) is 15.1 Å². The Morgan fingerprint density at radius 3 is 2.53 bits per heavy atom. The molecule has 7 nitrogen and oxygen atoms in total. The molecule has 0 spiro atoms. The first-order chi connectivity index (χ1) is 15.2. The van der Waals surface area contributed by atoms with E-state index in [1.807, 2.05) is 0 Å². The zero-order chi connectivity index (χ0) is 23.1. The van der Waals surface area contributed by atoms with Gasteiger partial charge in [0, 0.05) is 10.7 Å². The molecule has 2 N–H and O–H groups in total. The summed E-state index contributed by atoms with van der Waals surface area (Å²) < 4.78 is 44.0. The number of benzene rings is 2. The lowest BCUT2D eigenvalue weighted by Gasteiger charge is -2.09. The van der Waals surface area contributed by atoms with E-state index in [-0.39, 0.29) is 23.2 Å². The van der Waals surface area contributed by atoms with E-state index < -0.39 is 23.6 Å². The average molecular weight is 503 g/mol. The maximum atomic E-state index is 12.7. The number of rotatable bonds is 8. The van der Waals surface area contributed by atoms with Crippen LogP contribution in [0.4, 0.5) is 24.0 Å². The average Bonchev–Trinajstić information content (AvgIpc) is 3.19.